The molecule has 0 unspecified atom stereocenters. The number of benzene rings is 1. The Morgan fingerprint density at radius 1 is 1.31 bits per heavy atom. The number of allylic oxidation sites excluding steroid dienone is 1. The van der Waals surface area contributed by atoms with Crippen molar-refractivity contribution in [2.45, 2.75) is 18.6 Å². The highest BCUT2D eigenvalue weighted by Crippen LogP contribution is 2.27. The molecule has 0 saturated heterocycles. The number of aryl methyl sites for hydroxylation is 1. The number of para-hydroxylation sites is 1. The molecule has 3 rings (SSSR count). The summed E-state index contributed by atoms with van der Waals surface area (Å²) >= 11 is 1.12. The quantitative estimate of drug-likeness (QED) is 0.451. The van der Waals surface area contributed by atoms with E-state index in [9.17, 15) is 14.0 Å². The van der Waals surface area contributed by atoms with E-state index in [0.29, 0.717) is 23.3 Å². The van der Waals surface area contributed by atoms with Gasteiger partial charge < -0.3 is 9.73 Å². The van der Waals surface area contributed by atoms with Gasteiger partial charge in [0, 0.05) is 6.54 Å². The number of rotatable bonds is 7. The van der Waals surface area contributed by atoms with Crippen LogP contribution in [0.3, 0.4) is 0 Å². The minimum absolute atomic E-state index is 0.0173. The zero-order valence-corrected chi connectivity index (χ0v) is 16.3. The third-order valence-corrected chi connectivity index (χ3v) is 4.80. The van der Waals surface area contributed by atoms with Crippen LogP contribution in [-0.2, 0) is 11.3 Å². The summed E-state index contributed by atoms with van der Waals surface area (Å²) in [4.78, 5) is 24.0. The molecule has 29 heavy (non-hydrogen) atoms. The summed E-state index contributed by atoms with van der Waals surface area (Å²) in [5.74, 6) is 0.0601. The van der Waals surface area contributed by atoms with Gasteiger partial charge in [-0.05, 0) is 25.1 Å². The molecule has 0 aliphatic heterocycles. The molecular weight excluding hydrogens is 397 g/mol. The predicted octanol–water partition coefficient (Wildman–Crippen LogP) is 3.61. The van der Waals surface area contributed by atoms with E-state index in [1.807, 2.05) is 6.92 Å². The van der Waals surface area contributed by atoms with E-state index >= 15 is 0 Å². The number of furan rings is 1. The summed E-state index contributed by atoms with van der Waals surface area (Å²) in [6, 6.07) is 6.64. The molecule has 2 heterocycles. The maximum atomic E-state index is 13.6. The first-order valence-electron chi connectivity index (χ1n) is 8.56. The van der Waals surface area contributed by atoms with E-state index in [1.54, 1.807) is 29.0 Å². The highest BCUT2D eigenvalue weighted by molar-refractivity contribution is 7.99. The fraction of sp³-hybridized carbons (Fsp3) is 0.158. The number of carbonyl (C=O) groups is 2. The van der Waals surface area contributed by atoms with Crippen molar-refractivity contribution in [1.29, 1.82) is 0 Å². The number of halogens is 1. The molecule has 2 aromatic heterocycles. The molecule has 1 aromatic carbocycles. The molecule has 0 radical (unpaired) electrons. The second kappa shape index (κ2) is 9.20. The molecule has 150 valence electrons. The number of anilines is 1. The fourth-order valence-corrected chi connectivity index (χ4v) is 3.26. The van der Waals surface area contributed by atoms with Crippen molar-refractivity contribution in [1.82, 2.24) is 20.1 Å². The number of hydrogen-bond acceptors (Lipinski definition) is 6. The smallest absolute Gasteiger partial charge is 0.325 e. The number of nitrogens with zero attached hydrogens (tertiary/aromatic N) is 3. The van der Waals surface area contributed by atoms with Gasteiger partial charge in [-0.1, -0.05) is 30.0 Å². The lowest BCUT2D eigenvalue weighted by Crippen LogP contribution is -2.35. The van der Waals surface area contributed by atoms with Gasteiger partial charge in [-0.25, -0.2) is 9.18 Å². The van der Waals surface area contributed by atoms with Gasteiger partial charge in [-0.15, -0.1) is 16.8 Å². The fourth-order valence-electron chi connectivity index (χ4n) is 2.51. The molecular formula is C19H18FN5O3S. The van der Waals surface area contributed by atoms with Gasteiger partial charge in [0.1, 0.15) is 11.6 Å². The molecule has 0 aliphatic carbocycles. The molecule has 0 bridgehead atoms. The van der Waals surface area contributed by atoms with Crippen LogP contribution in [0.1, 0.15) is 5.76 Å². The first-order valence-corrected chi connectivity index (χ1v) is 9.55. The Morgan fingerprint density at radius 2 is 2.10 bits per heavy atom. The van der Waals surface area contributed by atoms with Crippen LogP contribution in [0.25, 0.3) is 11.4 Å². The first-order chi connectivity index (χ1) is 14.0. The van der Waals surface area contributed by atoms with Gasteiger partial charge in [0.15, 0.2) is 11.0 Å². The van der Waals surface area contributed by atoms with Crippen LogP contribution >= 0.6 is 11.8 Å². The van der Waals surface area contributed by atoms with E-state index in [4.69, 9.17) is 4.42 Å². The summed E-state index contributed by atoms with van der Waals surface area (Å²) in [5, 5.41) is 13.2. The number of thioether (sulfide) groups is 1. The minimum atomic E-state index is -0.817. The van der Waals surface area contributed by atoms with Crippen LogP contribution in [0, 0.1) is 12.7 Å². The molecule has 0 aliphatic rings. The third kappa shape index (κ3) is 4.91. The van der Waals surface area contributed by atoms with Crippen molar-refractivity contribution in [2.75, 3.05) is 11.1 Å². The Labute approximate surface area is 170 Å². The van der Waals surface area contributed by atoms with Gasteiger partial charge in [-0.3, -0.25) is 14.7 Å². The lowest BCUT2D eigenvalue weighted by molar-refractivity contribution is -0.117. The van der Waals surface area contributed by atoms with Gasteiger partial charge >= 0.3 is 6.03 Å². The van der Waals surface area contributed by atoms with Crippen LogP contribution in [-0.4, -0.2) is 32.5 Å². The van der Waals surface area contributed by atoms with Crippen molar-refractivity contribution >= 4 is 29.4 Å². The van der Waals surface area contributed by atoms with Gasteiger partial charge in [-0.2, -0.15) is 0 Å². The largest absolute Gasteiger partial charge is 0.469 e. The number of nitrogens with one attached hydrogen (secondary N) is 2. The Bertz CT molecular complexity index is 1050. The summed E-state index contributed by atoms with van der Waals surface area (Å²) in [5.41, 5.74) is 0.774. The van der Waals surface area contributed by atoms with E-state index in [2.05, 4.69) is 27.4 Å². The summed E-state index contributed by atoms with van der Waals surface area (Å²) in [6.45, 7) is 5.98. The van der Waals surface area contributed by atoms with E-state index in [0.717, 1.165) is 17.3 Å². The predicted molar refractivity (Wildman–Crippen MR) is 107 cm³/mol. The number of aromatic nitrogens is 3. The second-order valence-electron chi connectivity index (χ2n) is 5.87. The van der Waals surface area contributed by atoms with Crippen LogP contribution in [0.15, 0.2) is 58.8 Å². The Kier molecular flexibility index (Phi) is 6.45. The van der Waals surface area contributed by atoms with E-state index in [-0.39, 0.29) is 11.4 Å². The molecule has 0 spiro atoms. The maximum Gasteiger partial charge on any atom is 0.325 e. The molecule has 0 fully saturated rings. The van der Waals surface area contributed by atoms with Crippen LogP contribution in [0.5, 0.6) is 0 Å². The van der Waals surface area contributed by atoms with Crippen molar-refractivity contribution < 1.29 is 18.4 Å². The van der Waals surface area contributed by atoms with Gasteiger partial charge in [0.2, 0.25) is 5.91 Å². The number of urea groups is 1. The maximum absolute atomic E-state index is 13.6. The number of amides is 3. The highest BCUT2D eigenvalue weighted by atomic mass is 32.2. The van der Waals surface area contributed by atoms with Gasteiger partial charge in [0.05, 0.1) is 23.3 Å². The summed E-state index contributed by atoms with van der Waals surface area (Å²) in [6.07, 6.45) is 3.25. The third-order valence-electron chi connectivity index (χ3n) is 3.84. The lowest BCUT2D eigenvalue weighted by Gasteiger charge is -2.08. The molecule has 3 amide bonds. The standard InChI is InChI=1S/C19H18FN5O3S/c1-3-9-25-17(13-8-10-28-12(13)2)23-24-19(25)29-11-16(26)22-18(27)21-15-7-5-4-6-14(15)20/h3-8,10H,1,9,11H2,2H3,(H2,21,22,26,27). The minimum Gasteiger partial charge on any atom is -0.469 e. The normalized spacial score (nSPS) is 10.6. The van der Waals surface area contributed by atoms with Crippen molar-refractivity contribution in [3.05, 3.63) is 60.8 Å². The van der Waals surface area contributed by atoms with Crippen molar-refractivity contribution in [3.63, 3.8) is 0 Å². The molecule has 3 aromatic rings. The van der Waals surface area contributed by atoms with Crippen molar-refractivity contribution in [2.24, 2.45) is 0 Å². The number of carbonyl (C=O) groups excluding carboxylic acids is 2. The first kappa shape index (κ1) is 20.3. The van der Waals surface area contributed by atoms with Crippen LogP contribution in [0.4, 0.5) is 14.9 Å². The average Bonchev–Trinajstić information content (AvgIpc) is 3.28. The Morgan fingerprint density at radius 3 is 2.79 bits per heavy atom. The molecule has 0 saturated carbocycles. The zero-order chi connectivity index (χ0) is 20.8. The molecule has 10 heteroatoms. The number of hydrogen-bond donors (Lipinski definition) is 2. The average molecular weight is 415 g/mol. The lowest BCUT2D eigenvalue weighted by atomic mass is 10.2. The SMILES string of the molecule is C=CCn1c(SCC(=O)NC(=O)Nc2ccccc2F)nnc1-c1ccoc1C. The zero-order valence-electron chi connectivity index (χ0n) is 15.5. The van der Waals surface area contributed by atoms with Crippen LogP contribution < -0.4 is 10.6 Å². The van der Waals surface area contributed by atoms with E-state index < -0.39 is 17.8 Å². The Hall–Kier alpha value is -3.40. The van der Waals surface area contributed by atoms with Crippen LogP contribution in [0.2, 0.25) is 0 Å². The Balaban J connectivity index is 1.62. The highest BCUT2D eigenvalue weighted by Gasteiger charge is 2.18. The topological polar surface area (TPSA) is 102 Å². The molecule has 0 atom stereocenters. The molecule has 8 nitrogen and oxygen atoms in total. The monoisotopic (exact) mass is 415 g/mol. The van der Waals surface area contributed by atoms with Gasteiger partial charge in [0.25, 0.3) is 0 Å². The molecule has 2 N–H and O–H groups in total. The summed E-state index contributed by atoms with van der Waals surface area (Å²) in [7, 11) is 0. The van der Waals surface area contributed by atoms with E-state index in [1.165, 1.54) is 18.2 Å². The van der Waals surface area contributed by atoms with Crippen molar-refractivity contribution in [3.8, 4) is 11.4 Å². The summed E-state index contributed by atoms with van der Waals surface area (Å²) < 4.78 is 20.7. The second-order valence-corrected chi connectivity index (χ2v) is 6.81. The number of imide groups is 1.